The first-order chi connectivity index (χ1) is 8.61. The summed E-state index contributed by atoms with van der Waals surface area (Å²) in [6.45, 7) is 2.59. The maximum Gasteiger partial charge on any atom is 0.343 e. The number of hydrogen-bond donors (Lipinski definition) is 2. The van der Waals surface area contributed by atoms with E-state index >= 15 is 0 Å². The van der Waals surface area contributed by atoms with Crippen LogP contribution in [0.25, 0.3) is 0 Å². The number of nitrogen functional groups attached to an aromatic ring is 1. The van der Waals surface area contributed by atoms with Crippen molar-refractivity contribution in [2.45, 2.75) is 30.1 Å². The van der Waals surface area contributed by atoms with Gasteiger partial charge in [0.15, 0.2) is 5.16 Å². The summed E-state index contributed by atoms with van der Waals surface area (Å²) in [4.78, 5) is 15.6. The molecule has 2 aromatic rings. The summed E-state index contributed by atoms with van der Waals surface area (Å²) in [5.74, 6) is 0. The molecule has 6 nitrogen and oxygen atoms in total. The fourth-order valence-electron chi connectivity index (χ4n) is 1.42. The van der Waals surface area contributed by atoms with E-state index < -0.39 is 0 Å². The van der Waals surface area contributed by atoms with E-state index in [1.807, 2.05) is 6.92 Å². The standard InChI is InChI=1S/C10H12ClN5OS/c1-2-3-16-9(17)14-15-10(16)18-8-7(12)4-6(11)5-13-8/h4-5H,2-3,12H2,1H3,(H,14,17). The predicted molar refractivity (Wildman–Crippen MR) is 70.9 cm³/mol. The van der Waals surface area contributed by atoms with Gasteiger partial charge in [-0.2, -0.15) is 0 Å². The fourth-order valence-corrected chi connectivity index (χ4v) is 2.41. The molecule has 0 bridgehead atoms. The first-order valence-electron chi connectivity index (χ1n) is 5.36. The predicted octanol–water partition coefficient (Wildman–Crippen LogP) is 1.76. The molecule has 0 spiro atoms. The average molecular weight is 286 g/mol. The molecular formula is C10H12ClN5OS. The first-order valence-corrected chi connectivity index (χ1v) is 6.55. The lowest BCUT2D eigenvalue weighted by Gasteiger charge is -2.05. The van der Waals surface area contributed by atoms with Crippen LogP contribution in [0.4, 0.5) is 5.69 Å². The molecule has 0 amide bonds. The van der Waals surface area contributed by atoms with E-state index in [1.165, 1.54) is 18.0 Å². The van der Waals surface area contributed by atoms with E-state index in [4.69, 9.17) is 17.3 Å². The number of nitrogens with two attached hydrogens (primary N) is 1. The van der Waals surface area contributed by atoms with E-state index in [0.29, 0.717) is 27.4 Å². The van der Waals surface area contributed by atoms with E-state index in [9.17, 15) is 4.79 Å². The van der Waals surface area contributed by atoms with Gasteiger partial charge < -0.3 is 5.73 Å². The second-order valence-electron chi connectivity index (χ2n) is 3.61. The Labute approximate surface area is 113 Å². The van der Waals surface area contributed by atoms with E-state index in [-0.39, 0.29) is 5.69 Å². The molecule has 0 radical (unpaired) electrons. The zero-order valence-corrected chi connectivity index (χ0v) is 11.3. The second kappa shape index (κ2) is 5.45. The molecule has 8 heteroatoms. The third kappa shape index (κ3) is 2.68. The number of pyridine rings is 1. The summed E-state index contributed by atoms with van der Waals surface area (Å²) in [5, 5.41) is 7.97. The fraction of sp³-hybridized carbons (Fsp3) is 0.300. The van der Waals surface area contributed by atoms with E-state index in [2.05, 4.69) is 15.2 Å². The molecule has 0 aliphatic carbocycles. The van der Waals surface area contributed by atoms with Crippen LogP contribution in [0, 0.1) is 0 Å². The number of aromatic amines is 1. The van der Waals surface area contributed by atoms with Crippen LogP contribution in [0.1, 0.15) is 13.3 Å². The molecule has 0 aliphatic rings. The van der Waals surface area contributed by atoms with Crippen LogP contribution < -0.4 is 11.4 Å². The Hall–Kier alpha value is -1.47. The molecule has 0 fully saturated rings. The van der Waals surface area contributed by atoms with E-state index in [0.717, 1.165) is 6.42 Å². The summed E-state index contributed by atoms with van der Waals surface area (Å²) in [7, 11) is 0. The van der Waals surface area contributed by atoms with Gasteiger partial charge in [0.1, 0.15) is 5.03 Å². The summed E-state index contributed by atoms with van der Waals surface area (Å²) in [6.07, 6.45) is 2.35. The van der Waals surface area contributed by atoms with Gasteiger partial charge in [0, 0.05) is 12.7 Å². The van der Waals surface area contributed by atoms with Crippen LogP contribution in [-0.2, 0) is 6.54 Å². The number of hydrogen-bond acceptors (Lipinski definition) is 5. The maximum atomic E-state index is 11.5. The van der Waals surface area contributed by atoms with Crippen molar-refractivity contribution in [1.29, 1.82) is 0 Å². The Kier molecular flexibility index (Phi) is 3.93. The topological polar surface area (TPSA) is 89.6 Å². The highest BCUT2D eigenvalue weighted by molar-refractivity contribution is 7.99. The maximum absolute atomic E-state index is 11.5. The lowest BCUT2D eigenvalue weighted by atomic mass is 10.4. The molecule has 0 saturated heterocycles. The van der Waals surface area contributed by atoms with Gasteiger partial charge in [-0.05, 0) is 24.2 Å². The normalized spacial score (nSPS) is 10.8. The zero-order valence-electron chi connectivity index (χ0n) is 9.68. The molecular weight excluding hydrogens is 274 g/mol. The van der Waals surface area contributed by atoms with Gasteiger partial charge in [0.25, 0.3) is 0 Å². The molecule has 0 aliphatic heterocycles. The molecule has 96 valence electrons. The summed E-state index contributed by atoms with van der Waals surface area (Å²) >= 11 is 7.01. The van der Waals surface area contributed by atoms with Crippen molar-refractivity contribution in [3.8, 4) is 0 Å². The molecule has 2 rings (SSSR count). The smallest absolute Gasteiger partial charge is 0.343 e. The summed E-state index contributed by atoms with van der Waals surface area (Å²) in [5.41, 5.74) is 6.04. The van der Waals surface area contributed by atoms with Crippen LogP contribution >= 0.6 is 23.4 Å². The van der Waals surface area contributed by atoms with Crippen molar-refractivity contribution in [1.82, 2.24) is 19.7 Å². The van der Waals surface area contributed by atoms with Crippen molar-refractivity contribution in [3.63, 3.8) is 0 Å². The molecule has 0 unspecified atom stereocenters. The minimum absolute atomic E-state index is 0.230. The molecule has 2 heterocycles. The molecule has 0 saturated carbocycles. The third-order valence-corrected chi connectivity index (χ3v) is 3.44. The number of nitrogens with zero attached hydrogens (tertiary/aromatic N) is 3. The van der Waals surface area contributed by atoms with Crippen molar-refractivity contribution in [2.24, 2.45) is 0 Å². The van der Waals surface area contributed by atoms with Gasteiger partial charge in [0.2, 0.25) is 0 Å². The van der Waals surface area contributed by atoms with Gasteiger partial charge in [-0.25, -0.2) is 14.9 Å². The SMILES string of the molecule is CCCn1c(Sc2ncc(Cl)cc2N)n[nH]c1=O. The summed E-state index contributed by atoms with van der Waals surface area (Å²) in [6, 6.07) is 1.62. The number of anilines is 1. The first kappa shape index (κ1) is 13.0. The van der Waals surface area contributed by atoms with E-state index in [1.54, 1.807) is 10.6 Å². The van der Waals surface area contributed by atoms with Gasteiger partial charge in [-0.15, -0.1) is 5.10 Å². The largest absolute Gasteiger partial charge is 0.396 e. The number of halogens is 1. The van der Waals surface area contributed by atoms with Gasteiger partial charge in [-0.3, -0.25) is 4.57 Å². The minimum atomic E-state index is -0.230. The monoisotopic (exact) mass is 285 g/mol. The van der Waals surface area contributed by atoms with Crippen molar-refractivity contribution in [3.05, 3.63) is 27.8 Å². The van der Waals surface area contributed by atoms with Crippen molar-refractivity contribution in [2.75, 3.05) is 5.73 Å². The Bertz CT molecular complexity index is 609. The van der Waals surface area contributed by atoms with Crippen LogP contribution in [0.5, 0.6) is 0 Å². The van der Waals surface area contributed by atoms with Crippen LogP contribution in [0.15, 0.2) is 27.2 Å². The van der Waals surface area contributed by atoms with Crippen molar-refractivity contribution < 1.29 is 0 Å². The Morgan fingerprint density at radius 1 is 1.61 bits per heavy atom. The highest BCUT2D eigenvalue weighted by Crippen LogP contribution is 2.29. The molecule has 2 aromatic heterocycles. The highest BCUT2D eigenvalue weighted by atomic mass is 35.5. The molecule has 0 atom stereocenters. The third-order valence-electron chi connectivity index (χ3n) is 2.20. The Balaban J connectivity index is 2.31. The van der Waals surface area contributed by atoms with Gasteiger partial charge in [0.05, 0.1) is 10.7 Å². The zero-order chi connectivity index (χ0) is 13.1. The minimum Gasteiger partial charge on any atom is -0.396 e. The number of aromatic nitrogens is 4. The quantitative estimate of drug-likeness (QED) is 0.893. The number of rotatable bonds is 4. The second-order valence-corrected chi connectivity index (χ2v) is 5.01. The Morgan fingerprint density at radius 3 is 3.06 bits per heavy atom. The van der Waals surface area contributed by atoms with Crippen LogP contribution in [0.3, 0.4) is 0 Å². The lowest BCUT2D eigenvalue weighted by Crippen LogP contribution is -2.17. The average Bonchev–Trinajstić information content (AvgIpc) is 2.66. The number of nitrogens with one attached hydrogen (secondary N) is 1. The van der Waals surface area contributed by atoms with Crippen molar-refractivity contribution >= 4 is 29.1 Å². The molecule has 0 aromatic carbocycles. The highest BCUT2D eigenvalue weighted by Gasteiger charge is 2.12. The lowest BCUT2D eigenvalue weighted by molar-refractivity contribution is 0.603. The summed E-state index contributed by atoms with van der Waals surface area (Å²) < 4.78 is 1.56. The number of H-pyrrole nitrogens is 1. The van der Waals surface area contributed by atoms with Gasteiger partial charge in [-0.1, -0.05) is 18.5 Å². The van der Waals surface area contributed by atoms with Gasteiger partial charge >= 0.3 is 5.69 Å². The Morgan fingerprint density at radius 2 is 2.39 bits per heavy atom. The van der Waals surface area contributed by atoms with Crippen LogP contribution in [0.2, 0.25) is 5.02 Å². The van der Waals surface area contributed by atoms with Crippen LogP contribution in [-0.4, -0.2) is 19.7 Å². The molecule has 18 heavy (non-hydrogen) atoms. The molecule has 3 N–H and O–H groups in total.